The summed E-state index contributed by atoms with van der Waals surface area (Å²) in [6, 6.07) is 0. The number of hydroxylamine groups is 1. The lowest BCUT2D eigenvalue weighted by atomic mass is 10.3. The lowest BCUT2D eigenvalue weighted by Crippen LogP contribution is -2.30. The largest absolute Gasteiger partial charge is 0.375 e. The Morgan fingerprint density at radius 1 is 1.60 bits per heavy atom. The summed E-state index contributed by atoms with van der Waals surface area (Å²) in [5.74, 6) is -1.07. The van der Waals surface area contributed by atoms with Crippen LogP contribution in [0.5, 0.6) is 0 Å². The van der Waals surface area contributed by atoms with E-state index in [1.54, 1.807) is 5.38 Å². The molecule has 7 nitrogen and oxygen atoms in total. The van der Waals surface area contributed by atoms with Gasteiger partial charge in [0.25, 0.3) is 0 Å². The summed E-state index contributed by atoms with van der Waals surface area (Å²) in [5, 5.41) is 2.07. The summed E-state index contributed by atoms with van der Waals surface area (Å²) in [4.78, 5) is 29.8. The average Bonchev–Trinajstić information content (AvgIpc) is 2.50. The summed E-state index contributed by atoms with van der Waals surface area (Å²) in [6.45, 7) is -0.356. The van der Waals surface area contributed by atoms with Crippen molar-refractivity contribution in [3.05, 3.63) is 11.1 Å². The highest BCUT2D eigenvalue weighted by atomic mass is 32.1. The third kappa shape index (κ3) is 4.38. The quantitative estimate of drug-likeness (QED) is 0.549. The number of thiazole rings is 1. The Morgan fingerprint density at radius 3 is 2.87 bits per heavy atom. The van der Waals surface area contributed by atoms with Gasteiger partial charge in [-0.2, -0.15) is 0 Å². The summed E-state index contributed by atoms with van der Waals surface area (Å²) in [6.07, 6.45) is 0.0481. The summed E-state index contributed by atoms with van der Waals surface area (Å²) in [5.41, 5.74) is 12.8. The molecule has 1 aromatic rings. The number of anilines is 1. The van der Waals surface area contributed by atoms with Gasteiger partial charge in [-0.05, 0) is 0 Å². The maximum absolute atomic E-state index is 11.1. The van der Waals surface area contributed by atoms with Crippen LogP contribution in [0, 0.1) is 0 Å². The molecule has 5 N–H and O–H groups in total. The second-order valence-corrected chi connectivity index (χ2v) is 3.52. The topological polar surface area (TPSA) is 120 Å². The molecular formula is C7H10N4O3S. The molecule has 15 heavy (non-hydrogen) atoms. The van der Waals surface area contributed by atoms with Gasteiger partial charge in [-0.1, -0.05) is 0 Å². The number of carbonyl (C=O) groups is 2. The number of nitrogen functional groups attached to an aromatic ring is 1. The van der Waals surface area contributed by atoms with Gasteiger partial charge < -0.3 is 11.5 Å². The Balaban J connectivity index is 2.27. The highest BCUT2D eigenvalue weighted by Crippen LogP contribution is 2.10. The standard InChI is InChI=1S/C7H10N4O3S/c8-5(12)2-14-11-6(13)1-4-3-15-7(9)10-4/h3H,1-2H2,(H2,8,12)(H2,9,10)(H,11,13). The molecule has 0 aromatic carbocycles. The zero-order valence-electron chi connectivity index (χ0n) is 7.73. The normalized spacial score (nSPS) is 9.87. The van der Waals surface area contributed by atoms with Crippen molar-refractivity contribution in [3.8, 4) is 0 Å². The van der Waals surface area contributed by atoms with Gasteiger partial charge in [0.05, 0.1) is 12.1 Å². The molecule has 0 unspecified atom stereocenters. The number of nitrogens with two attached hydrogens (primary N) is 2. The molecule has 0 saturated heterocycles. The minimum atomic E-state index is -0.659. The van der Waals surface area contributed by atoms with Crippen LogP contribution in [-0.2, 0) is 20.8 Å². The van der Waals surface area contributed by atoms with E-state index < -0.39 is 11.8 Å². The number of nitrogens with zero attached hydrogens (tertiary/aromatic N) is 1. The second kappa shape index (κ2) is 5.27. The van der Waals surface area contributed by atoms with Gasteiger partial charge in [0.15, 0.2) is 11.7 Å². The predicted octanol–water partition coefficient (Wildman–Crippen LogP) is -1.20. The molecule has 0 fully saturated rings. The third-order valence-electron chi connectivity index (χ3n) is 1.31. The number of amides is 2. The average molecular weight is 230 g/mol. The first-order valence-corrected chi connectivity index (χ1v) is 4.84. The first-order chi connectivity index (χ1) is 7.08. The van der Waals surface area contributed by atoms with Crippen molar-refractivity contribution in [1.82, 2.24) is 10.5 Å². The smallest absolute Gasteiger partial charge is 0.249 e. The number of primary amides is 1. The minimum Gasteiger partial charge on any atom is -0.375 e. The van der Waals surface area contributed by atoms with Crippen LogP contribution in [0.25, 0.3) is 0 Å². The van der Waals surface area contributed by atoms with Crippen molar-refractivity contribution in [2.45, 2.75) is 6.42 Å². The van der Waals surface area contributed by atoms with Crippen molar-refractivity contribution in [3.63, 3.8) is 0 Å². The Bertz CT molecular complexity index is 365. The summed E-state index contributed by atoms with van der Waals surface area (Å²) < 4.78 is 0. The lowest BCUT2D eigenvalue weighted by Gasteiger charge is -2.01. The van der Waals surface area contributed by atoms with Crippen molar-refractivity contribution in [2.75, 3.05) is 12.3 Å². The van der Waals surface area contributed by atoms with Crippen LogP contribution in [0.1, 0.15) is 5.69 Å². The predicted molar refractivity (Wildman–Crippen MR) is 53.5 cm³/mol. The zero-order chi connectivity index (χ0) is 11.3. The molecule has 0 bridgehead atoms. The molecule has 0 saturated carbocycles. The Kier molecular flexibility index (Phi) is 4.01. The van der Waals surface area contributed by atoms with Crippen LogP contribution >= 0.6 is 11.3 Å². The highest BCUT2D eigenvalue weighted by molar-refractivity contribution is 7.13. The summed E-state index contributed by atoms with van der Waals surface area (Å²) >= 11 is 1.25. The fourth-order valence-corrected chi connectivity index (χ4v) is 1.35. The molecule has 0 aliphatic rings. The number of nitrogens with one attached hydrogen (secondary N) is 1. The van der Waals surface area contributed by atoms with E-state index >= 15 is 0 Å². The van der Waals surface area contributed by atoms with Gasteiger partial charge in [0.1, 0.15) is 0 Å². The van der Waals surface area contributed by atoms with Crippen molar-refractivity contribution in [1.29, 1.82) is 0 Å². The van der Waals surface area contributed by atoms with E-state index in [1.807, 2.05) is 0 Å². The first-order valence-electron chi connectivity index (χ1n) is 3.96. The van der Waals surface area contributed by atoms with Crippen LogP contribution in [0.15, 0.2) is 5.38 Å². The van der Waals surface area contributed by atoms with Crippen molar-refractivity contribution in [2.24, 2.45) is 5.73 Å². The molecule has 8 heteroatoms. The molecule has 0 atom stereocenters. The van der Waals surface area contributed by atoms with E-state index in [2.05, 4.69) is 15.3 Å². The number of hydrogen-bond acceptors (Lipinski definition) is 6. The summed E-state index contributed by atoms with van der Waals surface area (Å²) in [7, 11) is 0. The molecule has 1 heterocycles. The zero-order valence-corrected chi connectivity index (χ0v) is 8.54. The molecule has 0 spiro atoms. The van der Waals surface area contributed by atoms with Crippen molar-refractivity contribution < 1.29 is 14.4 Å². The van der Waals surface area contributed by atoms with Gasteiger partial charge in [0.2, 0.25) is 11.8 Å². The molecule has 2 amide bonds. The van der Waals surface area contributed by atoms with E-state index in [4.69, 9.17) is 11.5 Å². The van der Waals surface area contributed by atoms with Crippen LogP contribution in [0.2, 0.25) is 0 Å². The molecule has 0 aliphatic heterocycles. The third-order valence-corrected chi connectivity index (χ3v) is 2.03. The fourth-order valence-electron chi connectivity index (χ4n) is 0.792. The first kappa shape index (κ1) is 11.4. The van der Waals surface area contributed by atoms with E-state index in [-0.39, 0.29) is 13.0 Å². The Labute approximate surface area is 89.4 Å². The lowest BCUT2D eigenvalue weighted by molar-refractivity contribution is -0.137. The Morgan fingerprint density at radius 2 is 2.33 bits per heavy atom. The molecule has 1 rings (SSSR count). The maximum atomic E-state index is 11.1. The number of hydrogen-bond donors (Lipinski definition) is 3. The number of aromatic nitrogens is 1. The molecular weight excluding hydrogens is 220 g/mol. The second-order valence-electron chi connectivity index (χ2n) is 2.63. The fraction of sp³-hybridized carbons (Fsp3) is 0.286. The van der Waals surface area contributed by atoms with Crippen LogP contribution in [-0.4, -0.2) is 23.4 Å². The molecule has 0 radical (unpaired) electrons. The van der Waals surface area contributed by atoms with Gasteiger partial charge >= 0.3 is 0 Å². The van der Waals surface area contributed by atoms with Crippen LogP contribution < -0.4 is 16.9 Å². The Hall–Kier alpha value is -1.67. The van der Waals surface area contributed by atoms with E-state index in [0.717, 1.165) is 0 Å². The van der Waals surface area contributed by atoms with Gasteiger partial charge in [-0.3, -0.25) is 14.4 Å². The van der Waals surface area contributed by atoms with Gasteiger partial charge in [0, 0.05) is 5.38 Å². The molecule has 1 aromatic heterocycles. The van der Waals surface area contributed by atoms with Gasteiger partial charge in [-0.25, -0.2) is 10.5 Å². The van der Waals surface area contributed by atoms with Gasteiger partial charge in [-0.15, -0.1) is 11.3 Å². The minimum absolute atomic E-state index is 0.0481. The molecule has 0 aliphatic carbocycles. The van der Waals surface area contributed by atoms with E-state index in [9.17, 15) is 9.59 Å². The van der Waals surface area contributed by atoms with Crippen molar-refractivity contribution >= 4 is 28.3 Å². The maximum Gasteiger partial charge on any atom is 0.249 e. The number of rotatable bonds is 5. The van der Waals surface area contributed by atoms with Crippen LogP contribution in [0.3, 0.4) is 0 Å². The van der Waals surface area contributed by atoms with Crippen LogP contribution in [0.4, 0.5) is 5.13 Å². The monoisotopic (exact) mass is 230 g/mol. The highest BCUT2D eigenvalue weighted by Gasteiger charge is 2.06. The van der Waals surface area contributed by atoms with E-state index in [1.165, 1.54) is 11.3 Å². The van der Waals surface area contributed by atoms with E-state index in [0.29, 0.717) is 10.8 Å². The SMILES string of the molecule is NC(=O)CONC(=O)Cc1csc(N)n1. The molecule has 82 valence electrons. The number of carbonyl (C=O) groups excluding carboxylic acids is 2.